The number of benzene rings is 1. The summed E-state index contributed by atoms with van der Waals surface area (Å²) in [5.41, 5.74) is 4.88. The van der Waals surface area contributed by atoms with Gasteiger partial charge in [0, 0.05) is 0 Å². The van der Waals surface area contributed by atoms with Gasteiger partial charge in [-0.25, -0.2) is 12.8 Å². The minimum Gasteiger partial charge on any atom is -0.392 e. The largest absolute Gasteiger partial charge is 0.392 e. The van der Waals surface area contributed by atoms with Crippen LogP contribution in [0.15, 0.2) is 29.2 Å². The average Bonchev–Trinajstić information content (AvgIpc) is 2.41. The zero-order chi connectivity index (χ0) is 15.7. The maximum atomic E-state index is 13.2. The van der Waals surface area contributed by atoms with Gasteiger partial charge in [-0.1, -0.05) is 25.2 Å². The lowest BCUT2D eigenvalue weighted by Crippen LogP contribution is -2.58. The molecule has 0 heterocycles. The van der Waals surface area contributed by atoms with Gasteiger partial charge in [-0.05, 0) is 49.8 Å². The number of hydrogen-bond acceptors (Lipinski definition) is 3. The third-order valence-electron chi connectivity index (χ3n) is 4.04. The van der Waals surface area contributed by atoms with Crippen molar-refractivity contribution in [2.45, 2.75) is 43.0 Å². The summed E-state index contributed by atoms with van der Waals surface area (Å²) >= 11 is 5.09. The van der Waals surface area contributed by atoms with E-state index in [-0.39, 0.29) is 9.88 Å². The van der Waals surface area contributed by atoms with Crippen LogP contribution in [0.5, 0.6) is 0 Å². The lowest BCUT2D eigenvalue weighted by atomic mass is 9.78. The van der Waals surface area contributed by atoms with E-state index in [0.717, 1.165) is 18.9 Å². The molecule has 1 saturated carbocycles. The first kappa shape index (κ1) is 16.3. The Hall–Kier alpha value is -1.05. The summed E-state index contributed by atoms with van der Waals surface area (Å²) in [6, 6.07) is 4.90. The highest BCUT2D eigenvalue weighted by molar-refractivity contribution is 7.89. The second-order valence-corrected chi connectivity index (χ2v) is 7.81. The molecule has 1 fully saturated rings. The van der Waals surface area contributed by atoms with Gasteiger partial charge in [0.1, 0.15) is 5.82 Å². The summed E-state index contributed by atoms with van der Waals surface area (Å²) in [7, 11) is -3.86. The number of sulfonamides is 1. The monoisotopic (exact) mass is 330 g/mol. The molecule has 7 heteroatoms. The maximum Gasteiger partial charge on any atom is 0.241 e. The second kappa shape index (κ2) is 5.98. The van der Waals surface area contributed by atoms with Crippen molar-refractivity contribution < 1.29 is 12.8 Å². The quantitative estimate of drug-likeness (QED) is 0.831. The summed E-state index contributed by atoms with van der Waals surface area (Å²) < 4.78 is 40.8. The molecule has 0 radical (unpaired) electrons. The first-order valence-corrected chi connectivity index (χ1v) is 8.74. The molecular formula is C14H19FN2O2S2. The van der Waals surface area contributed by atoms with E-state index in [4.69, 9.17) is 18.0 Å². The van der Waals surface area contributed by atoms with E-state index in [2.05, 4.69) is 11.6 Å². The van der Waals surface area contributed by atoms with Crippen LogP contribution in [0.2, 0.25) is 0 Å². The van der Waals surface area contributed by atoms with E-state index in [9.17, 15) is 12.8 Å². The van der Waals surface area contributed by atoms with Crippen LogP contribution in [0.4, 0.5) is 4.39 Å². The number of rotatable bonds is 4. The number of hydrogen-bond donors (Lipinski definition) is 2. The molecule has 116 valence electrons. The second-order valence-electron chi connectivity index (χ2n) is 5.69. The number of nitrogens with one attached hydrogen (secondary N) is 1. The zero-order valence-electron chi connectivity index (χ0n) is 11.8. The molecule has 4 nitrogen and oxygen atoms in total. The van der Waals surface area contributed by atoms with Crippen molar-refractivity contribution >= 4 is 27.2 Å². The third-order valence-corrected chi connectivity index (χ3v) is 5.96. The van der Waals surface area contributed by atoms with E-state index >= 15 is 0 Å². The Kier molecular flexibility index (Phi) is 4.65. The molecule has 0 saturated heterocycles. The number of thiocarbonyl (C=S) groups is 1. The minimum atomic E-state index is -3.86. The third kappa shape index (κ3) is 3.59. The molecule has 0 bridgehead atoms. The highest BCUT2D eigenvalue weighted by Crippen LogP contribution is 2.33. The fourth-order valence-corrected chi connectivity index (χ4v) is 4.40. The topological polar surface area (TPSA) is 72.2 Å². The van der Waals surface area contributed by atoms with Gasteiger partial charge in [0.25, 0.3) is 0 Å². The molecule has 0 aliphatic heterocycles. The molecule has 2 rings (SSSR count). The highest BCUT2D eigenvalue weighted by atomic mass is 32.2. The number of nitrogens with two attached hydrogens (primary N) is 1. The van der Waals surface area contributed by atoms with Gasteiger partial charge >= 0.3 is 0 Å². The Morgan fingerprint density at radius 1 is 1.43 bits per heavy atom. The van der Waals surface area contributed by atoms with Gasteiger partial charge < -0.3 is 5.73 Å². The fourth-order valence-electron chi connectivity index (χ4n) is 2.60. The molecule has 0 spiro atoms. The molecule has 0 amide bonds. The summed E-state index contributed by atoms with van der Waals surface area (Å²) in [5.74, 6) is -0.0781. The van der Waals surface area contributed by atoms with Crippen LogP contribution in [0.25, 0.3) is 0 Å². The van der Waals surface area contributed by atoms with Crippen LogP contribution in [-0.4, -0.2) is 18.9 Å². The zero-order valence-corrected chi connectivity index (χ0v) is 13.4. The average molecular weight is 330 g/mol. The van der Waals surface area contributed by atoms with Gasteiger partial charge in [-0.15, -0.1) is 0 Å². The molecule has 21 heavy (non-hydrogen) atoms. The molecule has 0 atom stereocenters. The van der Waals surface area contributed by atoms with Crippen molar-refractivity contribution in [3.05, 3.63) is 30.1 Å². The van der Waals surface area contributed by atoms with Crippen LogP contribution >= 0.6 is 12.2 Å². The normalized spacial score (nSPS) is 26.5. The van der Waals surface area contributed by atoms with Crippen molar-refractivity contribution in [1.29, 1.82) is 0 Å². The smallest absolute Gasteiger partial charge is 0.241 e. The number of halogens is 1. The van der Waals surface area contributed by atoms with E-state index in [1.54, 1.807) is 0 Å². The van der Waals surface area contributed by atoms with E-state index < -0.39 is 21.4 Å². The molecule has 1 aromatic carbocycles. The predicted octanol–water partition coefficient (Wildman–Crippen LogP) is 2.34. The lowest BCUT2D eigenvalue weighted by molar-refractivity contribution is 0.289. The van der Waals surface area contributed by atoms with E-state index in [1.807, 2.05) is 0 Å². The van der Waals surface area contributed by atoms with Crippen LogP contribution < -0.4 is 10.5 Å². The summed E-state index contributed by atoms with van der Waals surface area (Å²) in [4.78, 5) is 0.0334. The molecule has 1 aliphatic rings. The van der Waals surface area contributed by atoms with Crippen LogP contribution in [0, 0.1) is 11.7 Å². The maximum absolute atomic E-state index is 13.2. The Morgan fingerprint density at radius 3 is 2.57 bits per heavy atom. The van der Waals surface area contributed by atoms with Crippen molar-refractivity contribution in [1.82, 2.24) is 4.72 Å². The lowest BCUT2D eigenvalue weighted by Gasteiger charge is -2.38. The van der Waals surface area contributed by atoms with Crippen molar-refractivity contribution in [3.8, 4) is 0 Å². The van der Waals surface area contributed by atoms with Gasteiger partial charge in [0.05, 0.1) is 15.4 Å². The molecule has 1 aromatic rings. The first-order valence-electron chi connectivity index (χ1n) is 6.85. The van der Waals surface area contributed by atoms with Crippen LogP contribution in [0.3, 0.4) is 0 Å². The van der Waals surface area contributed by atoms with Crippen molar-refractivity contribution in [2.75, 3.05) is 0 Å². The molecular weight excluding hydrogens is 311 g/mol. The summed E-state index contributed by atoms with van der Waals surface area (Å²) in [6.07, 6.45) is 2.84. The van der Waals surface area contributed by atoms with Crippen LogP contribution in [0.1, 0.15) is 32.6 Å². The molecule has 3 N–H and O–H groups in total. The Labute approximate surface area is 130 Å². The first-order chi connectivity index (χ1) is 9.75. The predicted molar refractivity (Wildman–Crippen MR) is 83.9 cm³/mol. The van der Waals surface area contributed by atoms with Crippen molar-refractivity contribution in [2.24, 2.45) is 11.7 Å². The van der Waals surface area contributed by atoms with Gasteiger partial charge in [-0.3, -0.25) is 0 Å². The summed E-state index contributed by atoms with van der Waals surface area (Å²) in [5, 5.41) is 0. The SMILES string of the molecule is CC1CCC(NS(=O)(=O)c2cccc(F)c2)(C(N)=S)CC1. The Morgan fingerprint density at radius 2 is 2.05 bits per heavy atom. The van der Waals surface area contributed by atoms with Crippen molar-refractivity contribution in [3.63, 3.8) is 0 Å². The summed E-state index contributed by atoms with van der Waals surface area (Å²) in [6.45, 7) is 2.12. The van der Waals surface area contributed by atoms with Gasteiger partial charge in [-0.2, -0.15) is 4.72 Å². The van der Waals surface area contributed by atoms with Gasteiger partial charge in [0.15, 0.2) is 0 Å². The van der Waals surface area contributed by atoms with Crippen LogP contribution in [-0.2, 0) is 10.0 Å². The van der Waals surface area contributed by atoms with E-state index in [0.29, 0.717) is 18.8 Å². The highest BCUT2D eigenvalue weighted by Gasteiger charge is 2.40. The minimum absolute atomic E-state index is 0.114. The molecule has 1 aliphatic carbocycles. The Bertz CT molecular complexity index is 638. The Balaban J connectivity index is 2.30. The van der Waals surface area contributed by atoms with E-state index in [1.165, 1.54) is 18.2 Å². The standard InChI is InChI=1S/C14H19FN2O2S2/c1-10-5-7-14(8-6-10,13(16)20)17-21(18,19)12-4-2-3-11(15)9-12/h2-4,9-10,17H,5-8H2,1H3,(H2,16,20). The molecule has 0 aromatic heterocycles. The molecule has 0 unspecified atom stereocenters. The van der Waals surface area contributed by atoms with Gasteiger partial charge in [0.2, 0.25) is 10.0 Å². The fraction of sp³-hybridized carbons (Fsp3) is 0.500.